The second-order valence-corrected chi connectivity index (χ2v) is 9.82. The molecule has 0 bridgehead atoms. The summed E-state index contributed by atoms with van der Waals surface area (Å²) in [4.78, 5) is 34.4. The van der Waals surface area contributed by atoms with Crippen LogP contribution in [0.2, 0.25) is 0 Å². The van der Waals surface area contributed by atoms with Gasteiger partial charge in [0.1, 0.15) is 5.82 Å². The van der Waals surface area contributed by atoms with Crippen molar-refractivity contribution < 1.29 is 4.79 Å². The van der Waals surface area contributed by atoms with Crippen molar-refractivity contribution in [2.24, 2.45) is 0 Å². The van der Waals surface area contributed by atoms with E-state index in [2.05, 4.69) is 25.2 Å². The van der Waals surface area contributed by atoms with Gasteiger partial charge < -0.3 is 10.2 Å². The van der Waals surface area contributed by atoms with E-state index >= 15 is 0 Å². The summed E-state index contributed by atoms with van der Waals surface area (Å²) in [5.41, 5.74) is 3.53. The number of amides is 2. The van der Waals surface area contributed by atoms with E-state index in [0.717, 1.165) is 48.9 Å². The molecule has 186 valence electrons. The van der Waals surface area contributed by atoms with E-state index in [1.807, 2.05) is 55.1 Å². The zero-order chi connectivity index (χ0) is 24.9. The Balaban J connectivity index is 1.85. The molecule has 1 N–H and O–H groups in total. The third-order valence-corrected chi connectivity index (χ3v) is 7.11. The van der Waals surface area contributed by atoms with Crippen LogP contribution in [-0.4, -0.2) is 33.1 Å². The molecule has 1 aliphatic rings. The second-order valence-electron chi connectivity index (χ2n) is 9.82. The van der Waals surface area contributed by atoms with Gasteiger partial charge in [-0.15, -0.1) is 0 Å². The number of benzene rings is 2. The molecule has 1 aliphatic carbocycles. The van der Waals surface area contributed by atoms with Gasteiger partial charge in [0.25, 0.3) is 5.56 Å². The van der Waals surface area contributed by atoms with Crippen LogP contribution in [0.5, 0.6) is 0 Å². The van der Waals surface area contributed by atoms with Crippen LogP contribution in [0.3, 0.4) is 0 Å². The van der Waals surface area contributed by atoms with Gasteiger partial charge in [-0.3, -0.25) is 9.36 Å². The summed E-state index contributed by atoms with van der Waals surface area (Å²) in [6.07, 6.45) is 7.12. The molecule has 1 heterocycles. The zero-order valence-corrected chi connectivity index (χ0v) is 21.5. The lowest BCUT2D eigenvalue weighted by atomic mass is 9.95. The Bertz CT molecular complexity index is 1240. The van der Waals surface area contributed by atoms with Crippen molar-refractivity contribution in [1.29, 1.82) is 0 Å². The highest BCUT2D eigenvalue weighted by atomic mass is 16.2. The monoisotopic (exact) mass is 474 g/mol. The van der Waals surface area contributed by atoms with E-state index < -0.39 is 0 Å². The first kappa shape index (κ1) is 25.0. The number of urea groups is 1. The quantitative estimate of drug-likeness (QED) is 0.443. The topological polar surface area (TPSA) is 67.2 Å². The van der Waals surface area contributed by atoms with Crippen molar-refractivity contribution in [3.05, 3.63) is 69.8 Å². The number of rotatable bonds is 7. The van der Waals surface area contributed by atoms with Gasteiger partial charge in [-0.05, 0) is 63.3 Å². The van der Waals surface area contributed by atoms with Crippen molar-refractivity contribution in [2.75, 3.05) is 6.54 Å². The SMILES string of the molecule is CCCN(C(=O)NC1CCCCC1)C(CC)c1nc2ccccc2c(=O)n1-c1ccc(C)cc1C. The highest BCUT2D eigenvalue weighted by Gasteiger charge is 2.30. The van der Waals surface area contributed by atoms with Crippen molar-refractivity contribution in [3.63, 3.8) is 0 Å². The summed E-state index contributed by atoms with van der Waals surface area (Å²) in [5, 5.41) is 3.87. The summed E-state index contributed by atoms with van der Waals surface area (Å²) in [7, 11) is 0. The Morgan fingerprint density at radius 1 is 1.11 bits per heavy atom. The number of hydrogen-bond acceptors (Lipinski definition) is 3. The molecule has 2 aromatic carbocycles. The van der Waals surface area contributed by atoms with E-state index in [4.69, 9.17) is 4.98 Å². The van der Waals surface area contributed by atoms with Crippen molar-refractivity contribution in [3.8, 4) is 5.69 Å². The molecule has 1 saturated carbocycles. The highest BCUT2D eigenvalue weighted by molar-refractivity contribution is 5.78. The zero-order valence-electron chi connectivity index (χ0n) is 21.5. The third kappa shape index (κ3) is 5.26. The van der Waals surface area contributed by atoms with Crippen LogP contribution in [-0.2, 0) is 0 Å². The molecule has 0 spiro atoms. The average molecular weight is 475 g/mol. The average Bonchev–Trinajstić information content (AvgIpc) is 2.85. The molecular formula is C29H38N4O2. The van der Waals surface area contributed by atoms with Gasteiger partial charge in [-0.2, -0.15) is 0 Å². The fourth-order valence-corrected chi connectivity index (χ4v) is 5.35. The van der Waals surface area contributed by atoms with Crippen molar-refractivity contribution >= 4 is 16.9 Å². The molecule has 1 aromatic heterocycles. The van der Waals surface area contributed by atoms with Gasteiger partial charge in [-0.25, -0.2) is 9.78 Å². The van der Waals surface area contributed by atoms with Gasteiger partial charge in [0.2, 0.25) is 0 Å². The van der Waals surface area contributed by atoms with E-state index in [1.165, 1.54) is 6.42 Å². The van der Waals surface area contributed by atoms with Gasteiger partial charge in [0.05, 0.1) is 22.6 Å². The number of nitrogens with one attached hydrogen (secondary N) is 1. The number of para-hydroxylation sites is 1. The summed E-state index contributed by atoms with van der Waals surface area (Å²) in [6.45, 7) is 8.82. The maximum Gasteiger partial charge on any atom is 0.318 e. The number of carbonyl (C=O) groups is 1. The van der Waals surface area contributed by atoms with Crippen LogP contribution in [0.15, 0.2) is 47.3 Å². The molecule has 3 aromatic rings. The Labute approximate surface area is 208 Å². The lowest BCUT2D eigenvalue weighted by Gasteiger charge is -2.34. The Morgan fingerprint density at radius 2 is 1.86 bits per heavy atom. The summed E-state index contributed by atoms with van der Waals surface area (Å²) < 4.78 is 1.74. The molecule has 2 amide bonds. The largest absolute Gasteiger partial charge is 0.335 e. The van der Waals surface area contributed by atoms with Crippen LogP contribution in [0.1, 0.15) is 81.8 Å². The summed E-state index contributed by atoms with van der Waals surface area (Å²) in [5.74, 6) is 0.621. The van der Waals surface area contributed by atoms with Gasteiger partial charge in [-0.1, -0.05) is 62.9 Å². The predicted molar refractivity (Wildman–Crippen MR) is 142 cm³/mol. The molecular weight excluding hydrogens is 436 g/mol. The number of nitrogens with zero attached hydrogens (tertiary/aromatic N) is 3. The Hall–Kier alpha value is -3.15. The van der Waals surface area contributed by atoms with Crippen LogP contribution in [0.4, 0.5) is 4.79 Å². The second kappa shape index (κ2) is 11.1. The van der Waals surface area contributed by atoms with Crippen LogP contribution >= 0.6 is 0 Å². The normalized spacial score (nSPS) is 15.2. The summed E-state index contributed by atoms with van der Waals surface area (Å²) >= 11 is 0. The molecule has 1 unspecified atom stereocenters. The minimum absolute atomic E-state index is 0.0554. The maximum absolute atomic E-state index is 13.9. The van der Waals surface area contributed by atoms with E-state index in [-0.39, 0.29) is 23.7 Å². The Kier molecular flexibility index (Phi) is 7.89. The van der Waals surface area contributed by atoms with Crippen LogP contribution < -0.4 is 10.9 Å². The molecule has 35 heavy (non-hydrogen) atoms. The van der Waals surface area contributed by atoms with Gasteiger partial charge >= 0.3 is 6.03 Å². The third-order valence-electron chi connectivity index (χ3n) is 7.11. The van der Waals surface area contributed by atoms with E-state index in [0.29, 0.717) is 29.7 Å². The smallest absolute Gasteiger partial charge is 0.318 e. The minimum Gasteiger partial charge on any atom is -0.335 e. The lowest BCUT2D eigenvalue weighted by molar-refractivity contribution is 0.161. The summed E-state index contributed by atoms with van der Waals surface area (Å²) in [6, 6.07) is 13.4. The molecule has 1 atom stereocenters. The first-order valence-electron chi connectivity index (χ1n) is 13.1. The molecule has 0 aliphatic heterocycles. The standard InChI is InChI=1S/C29H38N4O2/c1-5-18-32(29(35)30-22-12-8-7-9-13-22)25(6-2)27-31-24-15-11-10-14-23(24)28(34)33(27)26-17-16-20(3)19-21(26)4/h10-11,14-17,19,22,25H,5-9,12-13,18H2,1-4H3,(H,30,35). The Morgan fingerprint density at radius 3 is 2.54 bits per heavy atom. The van der Waals surface area contributed by atoms with E-state index in [1.54, 1.807) is 4.57 Å². The molecule has 1 fully saturated rings. The first-order valence-corrected chi connectivity index (χ1v) is 13.1. The fourth-order valence-electron chi connectivity index (χ4n) is 5.35. The first-order chi connectivity index (χ1) is 16.9. The molecule has 4 rings (SSSR count). The van der Waals surface area contributed by atoms with Gasteiger partial charge in [0, 0.05) is 12.6 Å². The van der Waals surface area contributed by atoms with Gasteiger partial charge in [0.15, 0.2) is 0 Å². The number of aromatic nitrogens is 2. The highest BCUT2D eigenvalue weighted by Crippen LogP contribution is 2.28. The van der Waals surface area contributed by atoms with Crippen molar-refractivity contribution in [2.45, 2.75) is 84.7 Å². The fraction of sp³-hybridized carbons (Fsp3) is 0.483. The molecule has 6 nitrogen and oxygen atoms in total. The van der Waals surface area contributed by atoms with E-state index in [9.17, 15) is 9.59 Å². The molecule has 6 heteroatoms. The van der Waals surface area contributed by atoms with Crippen LogP contribution in [0, 0.1) is 13.8 Å². The minimum atomic E-state index is -0.323. The number of hydrogen-bond donors (Lipinski definition) is 1. The van der Waals surface area contributed by atoms with Crippen molar-refractivity contribution in [1.82, 2.24) is 19.8 Å². The molecule has 0 saturated heterocycles. The number of carbonyl (C=O) groups excluding carboxylic acids is 1. The van der Waals surface area contributed by atoms with Crippen LogP contribution in [0.25, 0.3) is 16.6 Å². The number of fused-ring (bicyclic) bond motifs is 1. The maximum atomic E-state index is 13.9. The predicted octanol–water partition coefficient (Wildman–Crippen LogP) is 6.21. The lowest BCUT2D eigenvalue weighted by Crippen LogP contribution is -2.48. The molecule has 0 radical (unpaired) electrons. The number of aryl methyl sites for hydroxylation is 2.